The third-order valence-electron chi connectivity index (χ3n) is 5.18. The zero-order valence-electron chi connectivity index (χ0n) is 15.1. The molecule has 0 amide bonds. The highest BCUT2D eigenvalue weighted by Crippen LogP contribution is 2.37. The number of carboxylic acid groups (broad SMARTS) is 1. The van der Waals surface area contributed by atoms with E-state index in [1.807, 2.05) is 11.9 Å². The summed E-state index contributed by atoms with van der Waals surface area (Å²) < 4.78 is 27.0. The Morgan fingerprint density at radius 2 is 2.04 bits per heavy atom. The number of piperazine rings is 1. The van der Waals surface area contributed by atoms with Gasteiger partial charge in [-0.2, -0.15) is 0 Å². The van der Waals surface area contributed by atoms with Gasteiger partial charge in [0.05, 0.1) is 29.4 Å². The highest BCUT2D eigenvalue weighted by molar-refractivity contribution is 5.89. The van der Waals surface area contributed by atoms with Crippen LogP contribution in [0, 0.1) is 5.82 Å². The molecular weight excluding hydrogens is 357 g/mol. The molecule has 8 nitrogen and oxygen atoms in total. The van der Waals surface area contributed by atoms with Gasteiger partial charge in [-0.05, 0) is 20.0 Å². The first-order valence-corrected chi connectivity index (χ1v) is 8.73. The topological polar surface area (TPSA) is 84.2 Å². The van der Waals surface area contributed by atoms with Gasteiger partial charge in [0.25, 0.3) is 0 Å². The van der Waals surface area contributed by atoms with E-state index in [2.05, 4.69) is 9.64 Å². The van der Waals surface area contributed by atoms with Crippen molar-refractivity contribution in [3.8, 4) is 5.75 Å². The molecule has 1 aromatic carbocycles. The predicted molar refractivity (Wildman–Crippen MR) is 96.0 cm³/mol. The molecule has 1 saturated heterocycles. The molecule has 1 atom stereocenters. The molecule has 0 radical (unpaired) electrons. The SMILES string of the molecule is CC1OCc2c(N3CCN(C)CC3)c(F)cc3c(=O)c(OC(=O)O)cn1c23. The Balaban J connectivity index is 1.96. The number of anilines is 1. The van der Waals surface area contributed by atoms with Crippen LogP contribution in [-0.4, -0.2) is 54.0 Å². The van der Waals surface area contributed by atoms with E-state index in [1.54, 1.807) is 11.5 Å². The summed E-state index contributed by atoms with van der Waals surface area (Å²) in [6.45, 7) is 4.92. The Hall–Kier alpha value is -2.65. The van der Waals surface area contributed by atoms with Crippen molar-refractivity contribution in [2.24, 2.45) is 0 Å². The standard InChI is InChI=1S/C18H20FN3O5/c1-10-22-8-14(27-18(24)25)17(23)11-7-13(19)16(12(9-26-10)15(11)22)21-5-3-20(2)4-6-21/h7-8,10H,3-6,9H2,1-2H3,(H,24,25). The van der Waals surface area contributed by atoms with Crippen molar-refractivity contribution in [1.29, 1.82) is 0 Å². The summed E-state index contributed by atoms with van der Waals surface area (Å²) in [6.07, 6.45) is -0.724. The Bertz CT molecular complexity index is 981. The summed E-state index contributed by atoms with van der Waals surface area (Å²) in [5, 5.41) is 8.96. The minimum atomic E-state index is -1.60. The number of nitrogens with zero attached hydrogens (tertiary/aromatic N) is 3. The second-order valence-electron chi connectivity index (χ2n) is 6.88. The van der Waals surface area contributed by atoms with Gasteiger partial charge in [0, 0.05) is 31.7 Å². The number of hydrogen-bond donors (Lipinski definition) is 1. The third-order valence-corrected chi connectivity index (χ3v) is 5.18. The van der Waals surface area contributed by atoms with Crippen LogP contribution in [0.5, 0.6) is 5.75 Å². The second-order valence-corrected chi connectivity index (χ2v) is 6.88. The van der Waals surface area contributed by atoms with Gasteiger partial charge in [-0.25, -0.2) is 9.18 Å². The fourth-order valence-electron chi connectivity index (χ4n) is 3.78. The molecule has 144 valence electrons. The normalized spacial score (nSPS) is 20.1. The lowest BCUT2D eigenvalue weighted by Crippen LogP contribution is -2.45. The molecule has 1 N–H and O–H groups in total. The first-order chi connectivity index (χ1) is 12.9. The van der Waals surface area contributed by atoms with Gasteiger partial charge in [0.1, 0.15) is 12.0 Å². The Morgan fingerprint density at radius 3 is 2.70 bits per heavy atom. The smallest absolute Gasteiger partial charge is 0.449 e. The van der Waals surface area contributed by atoms with Crippen molar-refractivity contribution in [1.82, 2.24) is 9.47 Å². The number of rotatable bonds is 2. The molecule has 1 fully saturated rings. The van der Waals surface area contributed by atoms with E-state index in [-0.39, 0.29) is 17.7 Å². The van der Waals surface area contributed by atoms with Crippen molar-refractivity contribution in [3.63, 3.8) is 0 Å². The number of hydrogen-bond acceptors (Lipinski definition) is 6. The maximum absolute atomic E-state index is 15.1. The largest absolute Gasteiger partial charge is 0.511 e. The highest BCUT2D eigenvalue weighted by atomic mass is 19.1. The molecule has 2 aliphatic heterocycles. The maximum atomic E-state index is 15.1. The fraction of sp³-hybridized carbons (Fsp3) is 0.444. The van der Waals surface area contributed by atoms with Crippen LogP contribution in [0.3, 0.4) is 0 Å². The predicted octanol–water partition coefficient (Wildman–Crippen LogP) is 2.00. The average molecular weight is 377 g/mol. The quantitative estimate of drug-likeness (QED) is 0.802. The first-order valence-electron chi connectivity index (χ1n) is 8.73. The number of aromatic nitrogens is 1. The number of ether oxygens (including phenoxy) is 2. The van der Waals surface area contributed by atoms with Crippen LogP contribution in [-0.2, 0) is 11.3 Å². The molecule has 2 aliphatic rings. The van der Waals surface area contributed by atoms with E-state index < -0.39 is 23.6 Å². The number of pyridine rings is 1. The van der Waals surface area contributed by atoms with Crippen LogP contribution in [0.25, 0.3) is 10.9 Å². The molecule has 0 aliphatic carbocycles. The van der Waals surface area contributed by atoms with E-state index in [9.17, 15) is 9.59 Å². The van der Waals surface area contributed by atoms with Crippen molar-refractivity contribution in [2.45, 2.75) is 19.8 Å². The van der Waals surface area contributed by atoms with E-state index in [0.29, 0.717) is 29.9 Å². The van der Waals surface area contributed by atoms with Crippen LogP contribution in [0.1, 0.15) is 18.7 Å². The molecule has 27 heavy (non-hydrogen) atoms. The molecule has 3 heterocycles. The monoisotopic (exact) mass is 377 g/mol. The molecule has 9 heteroatoms. The molecule has 1 aromatic heterocycles. The number of benzene rings is 1. The summed E-state index contributed by atoms with van der Waals surface area (Å²) in [5.41, 5.74) is 0.962. The maximum Gasteiger partial charge on any atom is 0.511 e. The summed E-state index contributed by atoms with van der Waals surface area (Å²) in [7, 11) is 2.02. The molecule has 0 bridgehead atoms. The summed E-state index contributed by atoms with van der Waals surface area (Å²) in [6, 6.07) is 1.18. The molecular formula is C18H20FN3O5. The van der Waals surface area contributed by atoms with Gasteiger partial charge in [0.2, 0.25) is 5.43 Å². The van der Waals surface area contributed by atoms with Gasteiger partial charge >= 0.3 is 6.16 Å². The number of halogens is 1. The van der Waals surface area contributed by atoms with Crippen LogP contribution in [0.4, 0.5) is 14.9 Å². The second kappa shape index (κ2) is 6.50. The van der Waals surface area contributed by atoms with Crippen LogP contribution in [0.15, 0.2) is 17.1 Å². The molecule has 2 aromatic rings. The molecule has 1 unspecified atom stereocenters. The van der Waals surface area contributed by atoms with Crippen LogP contribution < -0.4 is 15.1 Å². The van der Waals surface area contributed by atoms with Gasteiger partial charge in [-0.1, -0.05) is 0 Å². The van der Waals surface area contributed by atoms with Crippen LogP contribution >= 0.6 is 0 Å². The van der Waals surface area contributed by atoms with Gasteiger partial charge in [-0.15, -0.1) is 0 Å². The van der Waals surface area contributed by atoms with Crippen molar-refractivity contribution < 1.29 is 23.8 Å². The zero-order valence-corrected chi connectivity index (χ0v) is 15.1. The summed E-state index contributed by atoms with van der Waals surface area (Å²) in [5.74, 6) is -0.888. The Labute approximate surface area is 154 Å². The van der Waals surface area contributed by atoms with Gasteiger partial charge < -0.3 is 28.9 Å². The highest BCUT2D eigenvalue weighted by Gasteiger charge is 2.29. The van der Waals surface area contributed by atoms with Crippen molar-refractivity contribution in [2.75, 3.05) is 38.1 Å². The van der Waals surface area contributed by atoms with E-state index >= 15 is 4.39 Å². The third kappa shape index (κ3) is 2.92. The Morgan fingerprint density at radius 1 is 1.33 bits per heavy atom. The molecule has 4 rings (SSSR count). The summed E-state index contributed by atoms with van der Waals surface area (Å²) >= 11 is 0. The van der Waals surface area contributed by atoms with Crippen molar-refractivity contribution >= 4 is 22.7 Å². The fourth-order valence-corrected chi connectivity index (χ4v) is 3.78. The van der Waals surface area contributed by atoms with Crippen LogP contribution in [0.2, 0.25) is 0 Å². The Kier molecular flexibility index (Phi) is 4.27. The number of likely N-dealkylation sites (N-methyl/N-ethyl adjacent to an activating group) is 1. The lowest BCUT2D eigenvalue weighted by Gasteiger charge is -2.37. The first kappa shape index (κ1) is 17.7. The van der Waals surface area contributed by atoms with Crippen molar-refractivity contribution in [3.05, 3.63) is 33.9 Å². The molecule has 0 saturated carbocycles. The lowest BCUT2D eigenvalue weighted by atomic mass is 10.0. The van der Waals surface area contributed by atoms with Gasteiger partial charge in [0.15, 0.2) is 5.75 Å². The average Bonchev–Trinajstić information content (AvgIpc) is 2.62. The van der Waals surface area contributed by atoms with E-state index in [0.717, 1.165) is 13.1 Å². The van der Waals surface area contributed by atoms with Gasteiger partial charge in [-0.3, -0.25) is 4.79 Å². The lowest BCUT2D eigenvalue weighted by molar-refractivity contribution is -0.00208. The minimum absolute atomic E-state index is 0.0919. The minimum Gasteiger partial charge on any atom is -0.449 e. The molecule has 0 spiro atoms. The van der Waals surface area contributed by atoms with E-state index in [1.165, 1.54) is 12.3 Å². The number of carbonyl (C=O) groups is 1. The summed E-state index contributed by atoms with van der Waals surface area (Å²) in [4.78, 5) is 27.7. The zero-order chi connectivity index (χ0) is 19.3. The van der Waals surface area contributed by atoms with E-state index in [4.69, 9.17) is 9.84 Å².